The van der Waals surface area contributed by atoms with Crippen LogP contribution in [0.25, 0.3) is 0 Å². The van der Waals surface area contributed by atoms with Crippen LogP contribution in [-0.2, 0) is 52.7 Å². The number of carbonyl (C=O) groups excluding carboxylic acids is 10. The number of carbonyl (C=O) groups is 10. The van der Waals surface area contributed by atoms with E-state index in [-0.39, 0.29) is 148 Å². The van der Waals surface area contributed by atoms with Gasteiger partial charge in [0.2, 0.25) is 0 Å². The molecule has 11 nitrogen and oxygen atoms in total. The lowest BCUT2D eigenvalue weighted by atomic mass is 9.78. The third-order valence-corrected chi connectivity index (χ3v) is 10.3. The number of ketones is 10. The molecule has 0 fully saturated rings. The first-order chi connectivity index (χ1) is 25.6. The van der Waals surface area contributed by atoms with Gasteiger partial charge in [0.05, 0.1) is 0 Å². The Balaban J connectivity index is 6.43. The minimum Gasteiger partial charge on any atom is -0.385 e. The molecule has 0 aromatic rings. The zero-order valence-corrected chi connectivity index (χ0v) is 35.4. The van der Waals surface area contributed by atoms with E-state index in [4.69, 9.17) is 4.74 Å². The fourth-order valence-electron chi connectivity index (χ4n) is 7.15. The molecule has 0 heterocycles. The maximum atomic E-state index is 14.0. The van der Waals surface area contributed by atoms with Crippen molar-refractivity contribution in [3.05, 3.63) is 0 Å². The maximum Gasteiger partial charge on any atom is 0.137 e. The third-order valence-electron chi connectivity index (χ3n) is 10.3. The summed E-state index contributed by atoms with van der Waals surface area (Å²) in [4.78, 5) is 129. The van der Waals surface area contributed by atoms with Crippen LogP contribution in [-0.4, -0.2) is 71.5 Å². The summed E-state index contributed by atoms with van der Waals surface area (Å²) in [6.07, 6.45) is 0.683. The smallest absolute Gasteiger partial charge is 0.137 e. The molecule has 0 aromatic carbocycles. The standard InChI is InChI=1S/C44H70O11/c1-27(2)19-38(33(9)49)26-43(53)35(15-12-30(6)46)22-40(50)34(14-11-29(5)45)23-42(52)37(17-18-55-10)25-41(51)36(16-13-31(7)47)24-44(54)39(20-28(3)4)21-32(8)48/h27-28,34-39H,11-26H2,1-10H3. The second kappa shape index (κ2) is 27.3. The Labute approximate surface area is 329 Å². The summed E-state index contributed by atoms with van der Waals surface area (Å²) in [6.45, 7) is 15.0. The van der Waals surface area contributed by atoms with E-state index in [0.717, 1.165) is 0 Å². The van der Waals surface area contributed by atoms with Gasteiger partial charge in [-0.3, -0.25) is 28.8 Å². The molecule has 55 heavy (non-hydrogen) atoms. The number of hydrogen-bond donors (Lipinski definition) is 0. The number of ether oxygens (including phenoxy) is 1. The second-order valence-electron chi connectivity index (χ2n) is 16.8. The molecule has 0 saturated heterocycles. The first-order valence-electron chi connectivity index (χ1n) is 20.2. The van der Waals surface area contributed by atoms with E-state index in [1.165, 1.54) is 41.7 Å². The van der Waals surface area contributed by atoms with E-state index >= 15 is 0 Å². The van der Waals surface area contributed by atoms with Crippen LogP contribution in [0.1, 0.15) is 159 Å². The van der Waals surface area contributed by atoms with Crippen molar-refractivity contribution in [3.63, 3.8) is 0 Å². The third kappa shape index (κ3) is 23.4. The molecule has 0 amide bonds. The van der Waals surface area contributed by atoms with Gasteiger partial charge < -0.3 is 23.9 Å². The van der Waals surface area contributed by atoms with Crippen molar-refractivity contribution >= 4 is 57.8 Å². The number of rotatable bonds is 34. The molecule has 0 saturated carbocycles. The Kier molecular flexibility index (Phi) is 25.6. The molecule has 6 unspecified atom stereocenters. The molecule has 312 valence electrons. The Morgan fingerprint density at radius 1 is 0.382 bits per heavy atom. The summed E-state index contributed by atoms with van der Waals surface area (Å²) in [5, 5.41) is 0. The maximum absolute atomic E-state index is 14.0. The molecule has 11 heteroatoms. The van der Waals surface area contributed by atoms with Crippen molar-refractivity contribution in [2.75, 3.05) is 13.7 Å². The molecule has 0 rings (SSSR count). The van der Waals surface area contributed by atoms with Crippen LogP contribution in [0, 0.1) is 47.3 Å². The van der Waals surface area contributed by atoms with E-state index in [2.05, 4.69) is 0 Å². The molecular formula is C44H70O11. The molecule has 0 aliphatic rings. The van der Waals surface area contributed by atoms with Crippen LogP contribution in [0.3, 0.4) is 0 Å². The zero-order chi connectivity index (χ0) is 42.4. The molecule has 0 bridgehead atoms. The van der Waals surface area contributed by atoms with Gasteiger partial charge in [0, 0.05) is 107 Å². The molecule has 0 aromatic heterocycles. The van der Waals surface area contributed by atoms with Crippen LogP contribution in [0.4, 0.5) is 0 Å². The molecule has 0 aliphatic heterocycles. The predicted molar refractivity (Wildman–Crippen MR) is 210 cm³/mol. The summed E-state index contributed by atoms with van der Waals surface area (Å²) in [6, 6.07) is 0. The average Bonchev–Trinajstić information content (AvgIpc) is 3.06. The van der Waals surface area contributed by atoms with Gasteiger partial charge in [0.15, 0.2) is 0 Å². The highest BCUT2D eigenvalue weighted by Crippen LogP contribution is 2.30. The first kappa shape index (κ1) is 51.7. The van der Waals surface area contributed by atoms with Crippen molar-refractivity contribution in [1.29, 1.82) is 0 Å². The lowest BCUT2D eigenvalue weighted by molar-refractivity contribution is -0.136. The van der Waals surface area contributed by atoms with E-state index in [9.17, 15) is 47.9 Å². The van der Waals surface area contributed by atoms with E-state index < -0.39 is 47.1 Å². The van der Waals surface area contributed by atoms with Gasteiger partial charge in [-0.05, 0) is 85.0 Å². The van der Waals surface area contributed by atoms with Crippen LogP contribution < -0.4 is 0 Å². The number of hydrogen-bond acceptors (Lipinski definition) is 11. The number of Topliss-reactive ketones (excluding diaryl/α,β-unsaturated/α-hetero) is 10. The fraction of sp³-hybridized carbons (Fsp3) is 0.773. The monoisotopic (exact) mass is 774 g/mol. The van der Waals surface area contributed by atoms with E-state index in [1.807, 2.05) is 27.7 Å². The Bertz CT molecular complexity index is 1340. The quantitative estimate of drug-likeness (QED) is 0.0641. The van der Waals surface area contributed by atoms with Crippen LogP contribution in [0.5, 0.6) is 0 Å². The van der Waals surface area contributed by atoms with Crippen molar-refractivity contribution < 1.29 is 52.7 Å². The van der Waals surface area contributed by atoms with Crippen molar-refractivity contribution in [1.82, 2.24) is 0 Å². The molecule has 6 atom stereocenters. The van der Waals surface area contributed by atoms with Gasteiger partial charge in [-0.15, -0.1) is 0 Å². The Hall–Kier alpha value is -3.34. The summed E-state index contributed by atoms with van der Waals surface area (Å²) in [5.74, 6) is -6.66. The fourth-order valence-corrected chi connectivity index (χ4v) is 7.15. The van der Waals surface area contributed by atoms with Gasteiger partial charge in [-0.25, -0.2) is 0 Å². The van der Waals surface area contributed by atoms with Gasteiger partial charge in [0.25, 0.3) is 0 Å². The van der Waals surface area contributed by atoms with Crippen molar-refractivity contribution in [2.24, 2.45) is 47.3 Å². The summed E-state index contributed by atoms with van der Waals surface area (Å²) >= 11 is 0. The largest absolute Gasteiger partial charge is 0.385 e. The lowest BCUT2D eigenvalue weighted by Gasteiger charge is -2.24. The van der Waals surface area contributed by atoms with Gasteiger partial charge >= 0.3 is 0 Å². The Morgan fingerprint density at radius 2 is 0.673 bits per heavy atom. The molecule has 0 aliphatic carbocycles. The van der Waals surface area contributed by atoms with E-state index in [0.29, 0.717) is 12.8 Å². The summed E-state index contributed by atoms with van der Waals surface area (Å²) in [5.41, 5.74) is 0. The summed E-state index contributed by atoms with van der Waals surface area (Å²) in [7, 11) is 1.46. The first-order valence-corrected chi connectivity index (χ1v) is 20.2. The highest BCUT2D eigenvalue weighted by molar-refractivity contribution is 5.96. The average molecular weight is 775 g/mol. The summed E-state index contributed by atoms with van der Waals surface area (Å²) < 4.78 is 5.25. The van der Waals surface area contributed by atoms with Crippen LogP contribution in [0.15, 0.2) is 0 Å². The SMILES string of the molecule is COCCC(CC(=O)C(CCC(C)=O)CC(=O)C(CC(C)=O)CC(C)C)C(=O)CC(CCC(C)=O)C(=O)CC(CCC(C)=O)C(=O)CC(CC(C)C)C(C)=O. The van der Waals surface area contributed by atoms with Gasteiger partial charge in [-0.1, -0.05) is 27.7 Å². The van der Waals surface area contributed by atoms with Crippen molar-refractivity contribution in [3.8, 4) is 0 Å². The minimum atomic E-state index is -0.929. The topological polar surface area (TPSA) is 180 Å². The zero-order valence-electron chi connectivity index (χ0n) is 35.4. The van der Waals surface area contributed by atoms with Gasteiger partial charge in [-0.2, -0.15) is 0 Å². The highest BCUT2D eigenvalue weighted by atomic mass is 16.5. The molecule has 0 N–H and O–H groups in total. The normalized spacial score (nSPS) is 14.8. The highest BCUT2D eigenvalue weighted by Gasteiger charge is 2.34. The molecule has 0 spiro atoms. The van der Waals surface area contributed by atoms with Crippen molar-refractivity contribution in [2.45, 2.75) is 159 Å². The van der Waals surface area contributed by atoms with Crippen LogP contribution >= 0.6 is 0 Å². The Morgan fingerprint density at radius 3 is 0.945 bits per heavy atom. The lowest BCUT2D eigenvalue weighted by Crippen LogP contribution is -2.31. The molecule has 0 radical (unpaired) electrons. The minimum absolute atomic E-state index is 0.0191. The molecular weight excluding hydrogens is 704 g/mol. The van der Waals surface area contributed by atoms with E-state index in [1.54, 1.807) is 0 Å². The predicted octanol–water partition coefficient (Wildman–Crippen LogP) is 7.28. The number of methoxy groups -OCH3 is 1. The second-order valence-corrected chi connectivity index (χ2v) is 16.8. The van der Waals surface area contributed by atoms with Gasteiger partial charge in [0.1, 0.15) is 57.8 Å². The van der Waals surface area contributed by atoms with Crippen LogP contribution in [0.2, 0.25) is 0 Å².